The van der Waals surface area contributed by atoms with Crippen LogP contribution in [0.1, 0.15) is 53.9 Å². The Morgan fingerprint density at radius 1 is 1.21 bits per heavy atom. The number of likely N-dealkylation sites (tertiary alicyclic amines) is 1. The maximum atomic E-state index is 2.64. The van der Waals surface area contributed by atoms with E-state index in [9.17, 15) is 0 Å². The van der Waals surface area contributed by atoms with Gasteiger partial charge in [-0.1, -0.05) is 20.8 Å². The number of rotatable bonds is 4. The second-order valence-corrected chi connectivity index (χ2v) is 5.77. The molecule has 0 aliphatic carbocycles. The molecule has 84 valence electrons. The van der Waals surface area contributed by atoms with E-state index in [-0.39, 0.29) is 0 Å². The van der Waals surface area contributed by atoms with Crippen molar-refractivity contribution in [2.24, 2.45) is 11.3 Å². The summed E-state index contributed by atoms with van der Waals surface area (Å²) in [6.45, 7) is 14.4. The van der Waals surface area contributed by atoms with Crippen LogP contribution in [0, 0.1) is 11.3 Å². The van der Waals surface area contributed by atoms with E-state index in [1.165, 1.54) is 32.4 Å². The average molecular weight is 197 g/mol. The van der Waals surface area contributed by atoms with Crippen LogP contribution in [0.2, 0.25) is 0 Å². The van der Waals surface area contributed by atoms with Crippen LogP contribution in [0.25, 0.3) is 0 Å². The van der Waals surface area contributed by atoms with Gasteiger partial charge in [0.2, 0.25) is 0 Å². The van der Waals surface area contributed by atoms with Crippen LogP contribution < -0.4 is 0 Å². The summed E-state index contributed by atoms with van der Waals surface area (Å²) in [7, 11) is 0. The first-order chi connectivity index (χ1) is 6.49. The largest absolute Gasteiger partial charge is 0.300 e. The highest BCUT2D eigenvalue weighted by atomic mass is 15.2. The van der Waals surface area contributed by atoms with Gasteiger partial charge in [0.15, 0.2) is 0 Å². The summed E-state index contributed by atoms with van der Waals surface area (Å²) >= 11 is 0. The Hall–Kier alpha value is -0.0400. The third-order valence-electron chi connectivity index (χ3n) is 3.79. The molecule has 1 aliphatic rings. The molecule has 1 heterocycles. The van der Waals surface area contributed by atoms with E-state index in [1.807, 2.05) is 0 Å². The first kappa shape index (κ1) is 12.0. The molecule has 14 heavy (non-hydrogen) atoms. The monoisotopic (exact) mass is 197 g/mol. The van der Waals surface area contributed by atoms with E-state index in [1.54, 1.807) is 0 Å². The van der Waals surface area contributed by atoms with Gasteiger partial charge in [0.25, 0.3) is 0 Å². The summed E-state index contributed by atoms with van der Waals surface area (Å²) in [5.41, 5.74) is 0.637. The molecule has 0 bridgehead atoms. The van der Waals surface area contributed by atoms with Gasteiger partial charge in [-0.05, 0) is 51.0 Å². The minimum Gasteiger partial charge on any atom is -0.300 e. The molecule has 1 rings (SSSR count). The van der Waals surface area contributed by atoms with E-state index in [0.717, 1.165) is 12.0 Å². The van der Waals surface area contributed by atoms with Crippen molar-refractivity contribution in [3.8, 4) is 0 Å². The second kappa shape index (κ2) is 4.65. The van der Waals surface area contributed by atoms with Gasteiger partial charge in [0, 0.05) is 12.6 Å². The van der Waals surface area contributed by atoms with Crippen LogP contribution in [0.4, 0.5) is 0 Å². The van der Waals surface area contributed by atoms with E-state index >= 15 is 0 Å². The Kier molecular flexibility index (Phi) is 4.00. The number of hydrogen-bond acceptors (Lipinski definition) is 1. The first-order valence-electron chi connectivity index (χ1n) is 6.23. The molecule has 1 heteroatoms. The third kappa shape index (κ3) is 2.73. The SMILES string of the molecule is CCC1(CC(C)C)CCN(C(C)C)C1. The van der Waals surface area contributed by atoms with Gasteiger partial charge in [0.1, 0.15) is 0 Å². The Labute approximate surface area is 89.9 Å². The molecule has 1 unspecified atom stereocenters. The average Bonchev–Trinajstić information content (AvgIpc) is 2.49. The smallest absolute Gasteiger partial charge is 0.00412 e. The highest BCUT2D eigenvalue weighted by Gasteiger charge is 2.37. The van der Waals surface area contributed by atoms with Gasteiger partial charge in [-0.15, -0.1) is 0 Å². The molecule has 1 aliphatic heterocycles. The molecule has 0 radical (unpaired) electrons. The predicted octanol–water partition coefficient (Wildman–Crippen LogP) is 3.54. The van der Waals surface area contributed by atoms with Crippen molar-refractivity contribution in [1.82, 2.24) is 4.90 Å². The molecule has 1 atom stereocenters. The lowest BCUT2D eigenvalue weighted by Gasteiger charge is -2.31. The molecule has 1 nitrogen and oxygen atoms in total. The summed E-state index contributed by atoms with van der Waals surface area (Å²) in [4.78, 5) is 2.64. The summed E-state index contributed by atoms with van der Waals surface area (Å²) in [5.74, 6) is 0.849. The molecule has 0 N–H and O–H groups in total. The molecule has 0 aromatic heterocycles. The van der Waals surface area contributed by atoms with Crippen molar-refractivity contribution in [1.29, 1.82) is 0 Å². The van der Waals surface area contributed by atoms with Crippen molar-refractivity contribution in [3.63, 3.8) is 0 Å². The molecule has 0 amide bonds. The van der Waals surface area contributed by atoms with E-state index < -0.39 is 0 Å². The summed E-state index contributed by atoms with van der Waals surface area (Å²) < 4.78 is 0. The summed E-state index contributed by atoms with van der Waals surface area (Å²) in [6, 6.07) is 0.732. The van der Waals surface area contributed by atoms with Gasteiger partial charge in [-0.2, -0.15) is 0 Å². The van der Waals surface area contributed by atoms with Gasteiger partial charge >= 0.3 is 0 Å². The van der Waals surface area contributed by atoms with E-state index in [4.69, 9.17) is 0 Å². The maximum absolute atomic E-state index is 2.64. The lowest BCUT2D eigenvalue weighted by molar-refractivity contribution is 0.189. The Balaban J connectivity index is 2.56. The molecule has 1 fully saturated rings. The maximum Gasteiger partial charge on any atom is 0.00412 e. The highest BCUT2D eigenvalue weighted by Crippen LogP contribution is 2.40. The predicted molar refractivity (Wildman–Crippen MR) is 63.5 cm³/mol. The zero-order valence-corrected chi connectivity index (χ0v) is 10.6. The number of hydrogen-bond donors (Lipinski definition) is 0. The van der Waals surface area contributed by atoms with Crippen LogP contribution in [0.5, 0.6) is 0 Å². The molecular weight excluding hydrogens is 170 g/mol. The fourth-order valence-corrected chi connectivity index (χ4v) is 2.88. The van der Waals surface area contributed by atoms with Crippen molar-refractivity contribution < 1.29 is 0 Å². The first-order valence-corrected chi connectivity index (χ1v) is 6.23. The van der Waals surface area contributed by atoms with Gasteiger partial charge in [-0.3, -0.25) is 0 Å². The van der Waals surface area contributed by atoms with Crippen LogP contribution in [-0.2, 0) is 0 Å². The lowest BCUT2D eigenvalue weighted by Crippen LogP contribution is -2.32. The van der Waals surface area contributed by atoms with Gasteiger partial charge in [-0.25, -0.2) is 0 Å². The standard InChI is InChI=1S/C13H27N/c1-6-13(9-11(2)3)7-8-14(10-13)12(4)5/h11-12H,6-10H2,1-5H3. The lowest BCUT2D eigenvalue weighted by atomic mass is 9.77. The van der Waals surface area contributed by atoms with Gasteiger partial charge < -0.3 is 4.90 Å². The Bertz CT molecular complexity index is 174. The molecule has 0 aromatic carbocycles. The molecule has 1 saturated heterocycles. The fourth-order valence-electron chi connectivity index (χ4n) is 2.88. The van der Waals surface area contributed by atoms with Crippen molar-refractivity contribution in [3.05, 3.63) is 0 Å². The highest BCUT2D eigenvalue weighted by molar-refractivity contribution is 4.90. The quantitative estimate of drug-likeness (QED) is 0.666. The van der Waals surface area contributed by atoms with Crippen LogP contribution in [0.3, 0.4) is 0 Å². The van der Waals surface area contributed by atoms with Crippen LogP contribution in [-0.4, -0.2) is 24.0 Å². The minimum absolute atomic E-state index is 0.637. The van der Waals surface area contributed by atoms with Crippen molar-refractivity contribution >= 4 is 0 Å². The van der Waals surface area contributed by atoms with E-state index in [2.05, 4.69) is 39.5 Å². The normalized spacial score (nSPS) is 29.4. The van der Waals surface area contributed by atoms with Crippen molar-refractivity contribution in [2.45, 2.75) is 59.9 Å². The second-order valence-electron chi connectivity index (χ2n) is 5.77. The zero-order chi connectivity index (χ0) is 10.8. The topological polar surface area (TPSA) is 3.24 Å². The number of nitrogens with zero attached hydrogens (tertiary/aromatic N) is 1. The van der Waals surface area contributed by atoms with Crippen LogP contribution >= 0.6 is 0 Å². The summed E-state index contributed by atoms with van der Waals surface area (Å²) in [6.07, 6.45) is 4.18. The van der Waals surface area contributed by atoms with Crippen LogP contribution in [0.15, 0.2) is 0 Å². The molecular formula is C13H27N. The van der Waals surface area contributed by atoms with Crippen molar-refractivity contribution in [2.75, 3.05) is 13.1 Å². The fraction of sp³-hybridized carbons (Fsp3) is 1.00. The van der Waals surface area contributed by atoms with E-state index in [0.29, 0.717) is 5.41 Å². The summed E-state index contributed by atoms with van der Waals surface area (Å²) in [5, 5.41) is 0. The Morgan fingerprint density at radius 3 is 2.21 bits per heavy atom. The molecule has 0 aromatic rings. The van der Waals surface area contributed by atoms with Gasteiger partial charge in [0.05, 0.1) is 0 Å². The molecule has 0 saturated carbocycles. The zero-order valence-electron chi connectivity index (χ0n) is 10.6. The Morgan fingerprint density at radius 2 is 1.86 bits per heavy atom. The minimum atomic E-state index is 0.637. The third-order valence-corrected chi connectivity index (χ3v) is 3.79. The molecule has 0 spiro atoms.